The van der Waals surface area contributed by atoms with Crippen molar-refractivity contribution in [1.82, 2.24) is 9.97 Å². The van der Waals surface area contributed by atoms with Gasteiger partial charge in [0.05, 0.1) is 46.8 Å². The number of methoxy groups -OCH3 is 5. The summed E-state index contributed by atoms with van der Waals surface area (Å²) in [4.78, 5) is 34.5. The summed E-state index contributed by atoms with van der Waals surface area (Å²) in [5, 5.41) is 2.69. The molecular formula is C26H27N3O7. The molecule has 2 aromatic carbocycles. The zero-order valence-corrected chi connectivity index (χ0v) is 20.7. The maximum atomic E-state index is 12.9. The van der Waals surface area contributed by atoms with E-state index in [1.807, 2.05) is 12.1 Å². The number of carbonyl (C=O) groups excluding carboxylic acids is 2. The molecule has 188 valence electrons. The second-order valence-corrected chi connectivity index (χ2v) is 8.10. The minimum absolute atomic E-state index is 0.0783. The summed E-state index contributed by atoms with van der Waals surface area (Å²) in [6.07, 6.45) is 2.21. The predicted octanol–water partition coefficient (Wildman–Crippen LogP) is 3.68. The highest BCUT2D eigenvalue weighted by atomic mass is 16.5. The van der Waals surface area contributed by atoms with Crippen LogP contribution in [-0.4, -0.2) is 57.2 Å². The molecule has 0 bridgehead atoms. The number of nitrogens with one attached hydrogen (secondary N) is 1. The van der Waals surface area contributed by atoms with Crippen LogP contribution in [0.3, 0.4) is 0 Å². The number of aromatic nitrogens is 2. The van der Waals surface area contributed by atoms with Crippen LogP contribution >= 0.6 is 0 Å². The summed E-state index contributed by atoms with van der Waals surface area (Å²) in [5.41, 5.74) is 2.17. The number of fused-ring (bicyclic) bond motifs is 1. The van der Waals surface area contributed by atoms with Crippen molar-refractivity contribution < 1.29 is 33.3 Å². The van der Waals surface area contributed by atoms with E-state index < -0.39 is 5.91 Å². The number of Topliss-reactive ketones (excluding diaryl/α,β-unsaturated/α-hetero) is 1. The van der Waals surface area contributed by atoms with Gasteiger partial charge >= 0.3 is 0 Å². The van der Waals surface area contributed by atoms with Gasteiger partial charge in [-0.3, -0.25) is 14.9 Å². The summed E-state index contributed by atoms with van der Waals surface area (Å²) in [7, 11) is 7.63. The number of carbonyl (C=O) groups is 2. The lowest BCUT2D eigenvalue weighted by atomic mass is 9.82. The molecule has 0 radical (unpaired) electrons. The van der Waals surface area contributed by atoms with Gasteiger partial charge in [0, 0.05) is 24.2 Å². The molecule has 0 spiro atoms. The molecule has 0 aliphatic heterocycles. The highest BCUT2D eigenvalue weighted by Gasteiger charge is 2.30. The molecule has 1 unspecified atom stereocenters. The van der Waals surface area contributed by atoms with Crippen LogP contribution in [0, 0.1) is 0 Å². The Hall–Kier alpha value is -4.34. The molecule has 0 fully saturated rings. The second-order valence-electron chi connectivity index (χ2n) is 8.10. The van der Waals surface area contributed by atoms with Gasteiger partial charge < -0.3 is 23.7 Å². The number of nitrogens with zero attached hydrogens (tertiary/aromatic N) is 2. The first-order chi connectivity index (χ1) is 17.4. The van der Waals surface area contributed by atoms with Gasteiger partial charge in [-0.2, -0.15) is 0 Å². The first-order valence-electron chi connectivity index (χ1n) is 11.1. The Morgan fingerprint density at radius 3 is 2.06 bits per heavy atom. The highest BCUT2D eigenvalue weighted by molar-refractivity contribution is 6.04. The van der Waals surface area contributed by atoms with E-state index in [1.54, 1.807) is 32.4 Å². The van der Waals surface area contributed by atoms with Crippen LogP contribution in [0.4, 0.5) is 5.95 Å². The lowest BCUT2D eigenvalue weighted by Crippen LogP contribution is -2.22. The van der Waals surface area contributed by atoms with Crippen molar-refractivity contribution in [3.05, 3.63) is 58.9 Å². The SMILES string of the molecule is COc1cc(OC)cc(C(=O)Nc2ncc3c(n2)CC(c2cc(OC)c(OC)c(OC)c2)CC3=O)c1. The van der Waals surface area contributed by atoms with E-state index in [0.717, 1.165) is 5.56 Å². The van der Waals surface area contributed by atoms with Gasteiger partial charge in [-0.1, -0.05) is 0 Å². The largest absolute Gasteiger partial charge is 0.497 e. The lowest BCUT2D eigenvalue weighted by molar-refractivity contribution is 0.0962. The van der Waals surface area contributed by atoms with Crippen molar-refractivity contribution in [1.29, 1.82) is 0 Å². The maximum Gasteiger partial charge on any atom is 0.258 e. The average molecular weight is 494 g/mol. The summed E-state index contributed by atoms with van der Waals surface area (Å²) in [6.45, 7) is 0. The minimum Gasteiger partial charge on any atom is -0.497 e. The van der Waals surface area contributed by atoms with Crippen LogP contribution in [0.15, 0.2) is 36.5 Å². The highest BCUT2D eigenvalue weighted by Crippen LogP contribution is 2.42. The van der Waals surface area contributed by atoms with Crippen molar-refractivity contribution >= 4 is 17.6 Å². The van der Waals surface area contributed by atoms with Gasteiger partial charge in [-0.15, -0.1) is 0 Å². The Bertz CT molecular complexity index is 1260. The van der Waals surface area contributed by atoms with Crippen LogP contribution in [0.25, 0.3) is 0 Å². The van der Waals surface area contributed by atoms with Gasteiger partial charge in [0.25, 0.3) is 5.91 Å². The lowest BCUT2D eigenvalue weighted by Gasteiger charge is -2.24. The molecule has 0 saturated carbocycles. The third-order valence-corrected chi connectivity index (χ3v) is 6.04. The van der Waals surface area contributed by atoms with E-state index in [9.17, 15) is 9.59 Å². The number of rotatable bonds is 8. The molecule has 1 heterocycles. The standard InChI is InChI=1S/C26H27N3O7/c1-32-17-6-16(7-18(12-17)33-2)25(31)29-26-27-13-19-20(28-26)8-14(9-21(19)30)15-10-22(34-3)24(36-5)23(11-15)35-4/h6-7,10-14H,8-9H2,1-5H3,(H,27,28,29,31). The number of hydrogen-bond donors (Lipinski definition) is 1. The molecule has 10 nitrogen and oxygen atoms in total. The first-order valence-corrected chi connectivity index (χ1v) is 11.1. The Labute approximate surface area is 208 Å². The van der Waals surface area contributed by atoms with Crippen molar-refractivity contribution in [3.63, 3.8) is 0 Å². The van der Waals surface area contributed by atoms with Crippen LogP contribution in [0.2, 0.25) is 0 Å². The van der Waals surface area contributed by atoms with Crippen LogP contribution < -0.4 is 29.0 Å². The summed E-state index contributed by atoms with van der Waals surface area (Å²) in [5.74, 6) is 1.87. The average Bonchev–Trinajstić information content (AvgIpc) is 2.91. The molecule has 1 N–H and O–H groups in total. The molecule has 1 aliphatic rings. The molecule has 1 atom stereocenters. The van der Waals surface area contributed by atoms with E-state index in [-0.39, 0.29) is 24.1 Å². The molecule has 4 rings (SSSR count). The van der Waals surface area contributed by atoms with E-state index >= 15 is 0 Å². The maximum absolute atomic E-state index is 12.9. The fourth-order valence-corrected chi connectivity index (χ4v) is 4.19. The summed E-state index contributed by atoms with van der Waals surface area (Å²) in [6, 6.07) is 8.51. The number of ketones is 1. The second kappa shape index (κ2) is 10.5. The smallest absolute Gasteiger partial charge is 0.258 e. The Balaban J connectivity index is 1.61. The molecule has 10 heteroatoms. The Morgan fingerprint density at radius 1 is 0.861 bits per heavy atom. The number of amides is 1. The van der Waals surface area contributed by atoms with Crippen LogP contribution in [-0.2, 0) is 6.42 Å². The summed E-state index contributed by atoms with van der Waals surface area (Å²) >= 11 is 0. The van der Waals surface area contributed by atoms with Crippen molar-refractivity contribution in [2.24, 2.45) is 0 Å². The molecule has 0 saturated heterocycles. The van der Waals surface area contributed by atoms with E-state index in [1.165, 1.54) is 27.5 Å². The molecule has 1 aliphatic carbocycles. The number of anilines is 1. The quantitative estimate of drug-likeness (QED) is 0.501. The van der Waals surface area contributed by atoms with Gasteiger partial charge in [0.1, 0.15) is 11.5 Å². The molecular weight excluding hydrogens is 466 g/mol. The van der Waals surface area contributed by atoms with Gasteiger partial charge in [0.15, 0.2) is 17.3 Å². The van der Waals surface area contributed by atoms with Gasteiger partial charge in [-0.25, -0.2) is 9.97 Å². The molecule has 1 amide bonds. The van der Waals surface area contributed by atoms with Crippen molar-refractivity contribution in [2.45, 2.75) is 18.8 Å². The predicted molar refractivity (Wildman–Crippen MR) is 131 cm³/mol. The summed E-state index contributed by atoms with van der Waals surface area (Å²) < 4.78 is 26.8. The monoisotopic (exact) mass is 493 g/mol. The topological polar surface area (TPSA) is 118 Å². The minimum atomic E-state index is -0.435. The Morgan fingerprint density at radius 2 is 1.50 bits per heavy atom. The fourth-order valence-electron chi connectivity index (χ4n) is 4.19. The number of hydrogen-bond acceptors (Lipinski definition) is 9. The number of benzene rings is 2. The van der Waals surface area contributed by atoms with E-state index in [4.69, 9.17) is 23.7 Å². The third-order valence-electron chi connectivity index (χ3n) is 6.04. The van der Waals surface area contributed by atoms with Gasteiger partial charge in [-0.05, 0) is 42.2 Å². The number of ether oxygens (including phenoxy) is 5. The molecule has 3 aromatic rings. The first kappa shape index (κ1) is 24.8. The third kappa shape index (κ3) is 4.88. The van der Waals surface area contributed by atoms with Crippen molar-refractivity contribution in [3.8, 4) is 28.7 Å². The van der Waals surface area contributed by atoms with Crippen molar-refractivity contribution in [2.75, 3.05) is 40.9 Å². The zero-order valence-electron chi connectivity index (χ0n) is 20.7. The fraction of sp³-hybridized carbons (Fsp3) is 0.308. The van der Waals surface area contributed by atoms with Crippen LogP contribution in [0.5, 0.6) is 28.7 Å². The van der Waals surface area contributed by atoms with E-state index in [2.05, 4.69) is 15.3 Å². The van der Waals surface area contributed by atoms with Crippen LogP contribution in [0.1, 0.15) is 44.3 Å². The normalized spacial score (nSPS) is 14.5. The van der Waals surface area contributed by atoms with E-state index in [0.29, 0.717) is 52.0 Å². The molecule has 1 aromatic heterocycles. The zero-order chi connectivity index (χ0) is 25.8. The molecule has 36 heavy (non-hydrogen) atoms. The Kier molecular flexibility index (Phi) is 7.23. The van der Waals surface area contributed by atoms with Gasteiger partial charge in [0.2, 0.25) is 11.7 Å².